The van der Waals surface area contributed by atoms with Crippen molar-refractivity contribution in [2.75, 3.05) is 6.54 Å². The fourth-order valence-corrected chi connectivity index (χ4v) is 1.41. The maximum atomic E-state index is 11.5. The molecule has 1 aromatic heterocycles. The fraction of sp³-hybridized carbons (Fsp3) is 0.750. The van der Waals surface area contributed by atoms with Crippen molar-refractivity contribution < 1.29 is 4.79 Å². The highest BCUT2D eigenvalue weighted by atomic mass is 16.2. The minimum atomic E-state index is -0.0169. The van der Waals surface area contributed by atoms with Crippen molar-refractivity contribution in [3.63, 3.8) is 0 Å². The Labute approximate surface area is 108 Å². The number of unbranched alkanes of at least 4 members (excludes halogenated alkanes) is 1. The molecule has 1 amide bonds. The average molecular weight is 253 g/mol. The van der Waals surface area contributed by atoms with E-state index in [0.29, 0.717) is 12.6 Å². The maximum absolute atomic E-state index is 11.5. The first-order chi connectivity index (χ1) is 8.61. The molecule has 2 N–H and O–H groups in total. The number of amides is 1. The van der Waals surface area contributed by atoms with E-state index in [0.717, 1.165) is 25.1 Å². The molecule has 0 atom stereocenters. The molecule has 0 aromatic carbocycles. The molecule has 6 heteroatoms. The van der Waals surface area contributed by atoms with E-state index in [9.17, 15) is 4.79 Å². The molecule has 6 nitrogen and oxygen atoms in total. The van der Waals surface area contributed by atoms with E-state index in [1.165, 1.54) is 0 Å². The smallest absolute Gasteiger partial charge is 0.241 e. The molecule has 1 rings (SSSR count). The van der Waals surface area contributed by atoms with E-state index < -0.39 is 0 Å². The predicted molar refractivity (Wildman–Crippen MR) is 69.9 cm³/mol. The van der Waals surface area contributed by atoms with Gasteiger partial charge >= 0.3 is 0 Å². The Kier molecular flexibility index (Phi) is 6.35. The van der Waals surface area contributed by atoms with Gasteiger partial charge in [0, 0.05) is 19.1 Å². The molecule has 102 valence electrons. The van der Waals surface area contributed by atoms with Crippen LogP contribution in [0.4, 0.5) is 0 Å². The van der Waals surface area contributed by atoms with Gasteiger partial charge in [0.15, 0.2) is 0 Å². The second-order valence-corrected chi connectivity index (χ2v) is 4.65. The summed E-state index contributed by atoms with van der Waals surface area (Å²) in [5.74, 6) is -0.0169. The van der Waals surface area contributed by atoms with E-state index in [-0.39, 0.29) is 12.5 Å². The molecular formula is C12H23N5O. The third kappa shape index (κ3) is 5.77. The van der Waals surface area contributed by atoms with Crippen LogP contribution in [-0.2, 0) is 17.9 Å². The van der Waals surface area contributed by atoms with Crippen LogP contribution in [0.2, 0.25) is 0 Å². The predicted octanol–water partition coefficient (Wildman–Crippen LogP) is 0.692. The summed E-state index contributed by atoms with van der Waals surface area (Å²) >= 11 is 0. The molecule has 18 heavy (non-hydrogen) atoms. The Bertz CT molecular complexity index is 361. The molecule has 0 radical (unpaired) electrons. The van der Waals surface area contributed by atoms with Gasteiger partial charge in [-0.05, 0) is 6.42 Å². The highest BCUT2D eigenvalue weighted by molar-refractivity contribution is 5.75. The monoisotopic (exact) mass is 253 g/mol. The Morgan fingerprint density at radius 3 is 2.94 bits per heavy atom. The summed E-state index contributed by atoms with van der Waals surface area (Å²) in [5.41, 5.74) is 0.852. The zero-order valence-corrected chi connectivity index (χ0v) is 11.4. The summed E-state index contributed by atoms with van der Waals surface area (Å²) in [6.45, 7) is 7.88. The summed E-state index contributed by atoms with van der Waals surface area (Å²) in [5, 5.41) is 14.0. The molecule has 0 spiro atoms. The van der Waals surface area contributed by atoms with Crippen LogP contribution in [0, 0.1) is 0 Å². The normalized spacial score (nSPS) is 10.9. The number of rotatable bonds is 8. The summed E-state index contributed by atoms with van der Waals surface area (Å²) in [6.07, 6.45) is 3.88. The molecule has 0 aliphatic heterocycles. The Hall–Kier alpha value is -1.43. The van der Waals surface area contributed by atoms with Gasteiger partial charge in [-0.3, -0.25) is 4.79 Å². The lowest BCUT2D eigenvalue weighted by molar-refractivity contribution is -0.121. The molecule has 1 heterocycles. The summed E-state index contributed by atoms with van der Waals surface area (Å²) < 4.78 is 1.57. The van der Waals surface area contributed by atoms with Crippen LogP contribution in [-0.4, -0.2) is 33.5 Å². The SMILES string of the molecule is CCCCNC(=O)Cn1cc(CNC(C)C)nn1. The first kappa shape index (κ1) is 14.6. The van der Waals surface area contributed by atoms with Crippen molar-refractivity contribution in [2.45, 2.75) is 52.7 Å². The number of aromatic nitrogens is 3. The number of nitrogens with zero attached hydrogens (tertiary/aromatic N) is 3. The second kappa shape index (κ2) is 7.81. The van der Waals surface area contributed by atoms with Crippen LogP contribution in [0.5, 0.6) is 0 Å². The minimum Gasteiger partial charge on any atom is -0.354 e. The lowest BCUT2D eigenvalue weighted by atomic mass is 10.3. The third-order valence-electron chi connectivity index (χ3n) is 2.44. The Morgan fingerprint density at radius 1 is 1.50 bits per heavy atom. The van der Waals surface area contributed by atoms with Gasteiger partial charge in [0.05, 0.1) is 11.9 Å². The van der Waals surface area contributed by atoms with Crippen molar-refractivity contribution in [3.05, 3.63) is 11.9 Å². The van der Waals surface area contributed by atoms with Gasteiger partial charge in [-0.1, -0.05) is 32.4 Å². The van der Waals surface area contributed by atoms with Gasteiger partial charge in [-0.2, -0.15) is 0 Å². The molecule has 0 aliphatic carbocycles. The lowest BCUT2D eigenvalue weighted by Crippen LogP contribution is -2.28. The zero-order chi connectivity index (χ0) is 13.4. The highest BCUT2D eigenvalue weighted by Gasteiger charge is 2.05. The second-order valence-electron chi connectivity index (χ2n) is 4.65. The maximum Gasteiger partial charge on any atom is 0.241 e. The van der Waals surface area contributed by atoms with E-state index in [1.807, 2.05) is 0 Å². The molecule has 0 unspecified atom stereocenters. The summed E-state index contributed by atoms with van der Waals surface area (Å²) in [7, 11) is 0. The summed E-state index contributed by atoms with van der Waals surface area (Å²) in [4.78, 5) is 11.5. The van der Waals surface area contributed by atoms with Crippen LogP contribution >= 0.6 is 0 Å². The molecule has 1 aromatic rings. The molecule has 0 bridgehead atoms. The molecule has 0 saturated heterocycles. The Balaban J connectivity index is 2.32. The van der Waals surface area contributed by atoms with Crippen LogP contribution in [0.25, 0.3) is 0 Å². The van der Waals surface area contributed by atoms with Crippen molar-refractivity contribution in [1.29, 1.82) is 0 Å². The number of carbonyl (C=O) groups is 1. The van der Waals surface area contributed by atoms with E-state index in [2.05, 4.69) is 41.7 Å². The van der Waals surface area contributed by atoms with Gasteiger partial charge in [0.2, 0.25) is 5.91 Å². The quantitative estimate of drug-likeness (QED) is 0.669. The number of nitrogens with one attached hydrogen (secondary N) is 2. The standard InChI is InChI=1S/C12H23N5O/c1-4-5-6-13-12(18)9-17-8-11(15-16-17)7-14-10(2)3/h8,10,14H,4-7,9H2,1-3H3,(H,13,18). The van der Waals surface area contributed by atoms with Gasteiger partial charge in [0.25, 0.3) is 0 Å². The topological polar surface area (TPSA) is 71.8 Å². The number of hydrogen-bond acceptors (Lipinski definition) is 4. The van der Waals surface area contributed by atoms with Crippen LogP contribution in [0.1, 0.15) is 39.3 Å². The largest absolute Gasteiger partial charge is 0.354 e. The van der Waals surface area contributed by atoms with Crippen molar-refractivity contribution in [3.8, 4) is 0 Å². The molecule has 0 saturated carbocycles. The van der Waals surface area contributed by atoms with Crippen LogP contribution in [0.15, 0.2) is 6.20 Å². The first-order valence-electron chi connectivity index (χ1n) is 6.51. The average Bonchev–Trinajstić information content (AvgIpc) is 2.74. The molecule has 0 fully saturated rings. The number of carbonyl (C=O) groups excluding carboxylic acids is 1. The van der Waals surface area contributed by atoms with Crippen molar-refractivity contribution in [2.24, 2.45) is 0 Å². The van der Waals surface area contributed by atoms with Crippen LogP contribution < -0.4 is 10.6 Å². The molecular weight excluding hydrogens is 230 g/mol. The third-order valence-corrected chi connectivity index (χ3v) is 2.44. The zero-order valence-electron chi connectivity index (χ0n) is 11.4. The minimum absolute atomic E-state index is 0.0169. The van der Waals surface area contributed by atoms with E-state index in [1.54, 1.807) is 10.9 Å². The Morgan fingerprint density at radius 2 is 2.28 bits per heavy atom. The van der Waals surface area contributed by atoms with Gasteiger partial charge in [-0.25, -0.2) is 4.68 Å². The number of hydrogen-bond donors (Lipinski definition) is 2. The summed E-state index contributed by atoms with van der Waals surface area (Å²) in [6, 6.07) is 0.410. The van der Waals surface area contributed by atoms with Crippen LogP contribution in [0.3, 0.4) is 0 Å². The van der Waals surface area contributed by atoms with E-state index >= 15 is 0 Å². The highest BCUT2D eigenvalue weighted by Crippen LogP contribution is 1.94. The van der Waals surface area contributed by atoms with Gasteiger partial charge in [0.1, 0.15) is 6.54 Å². The lowest BCUT2D eigenvalue weighted by Gasteiger charge is -2.04. The van der Waals surface area contributed by atoms with E-state index in [4.69, 9.17) is 0 Å². The van der Waals surface area contributed by atoms with Gasteiger partial charge in [-0.15, -0.1) is 5.10 Å². The van der Waals surface area contributed by atoms with Crippen molar-refractivity contribution >= 4 is 5.91 Å². The van der Waals surface area contributed by atoms with Crippen molar-refractivity contribution in [1.82, 2.24) is 25.6 Å². The fourth-order valence-electron chi connectivity index (χ4n) is 1.41. The first-order valence-corrected chi connectivity index (χ1v) is 6.51. The molecule has 0 aliphatic rings. The van der Waals surface area contributed by atoms with Gasteiger partial charge < -0.3 is 10.6 Å².